The van der Waals surface area contributed by atoms with Gasteiger partial charge in [-0.1, -0.05) is 42.8 Å². The van der Waals surface area contributed by atoms with Crippen LogP contribution in [0.1, 0.15) is 43.9 Å². The van der Waals surface area contributed by atoms with Gasteiger partial charge in [-0.05, 0) is 31.4 Å². The maximum atomic E-state index is 11.1. The first-order valence-corrected chi connectivity index (χ1v) is 6.30. The number of fused-ring (bicyclic) bond motifs is 1. The monoisotopic (exact) mass is 247 g/mol. The number of hydrogen-bond acceptors (Lipinski definition) is 3. The van der Waals surface area contributed by atoms with E-state index in [0.717, 1.165) is 17.5 Å². The Hall–Kier alpha value is -1.35. The summed E-state index contributed by atoms with van der Waals surface area (Å²) in [7, 11) is 0. The summed E-state index contributed by atoms with van der Waals surface area (Å²) in [5, 5.41) is 23.2. The molecule has 1 aliphatic carbocycles. The first kappa shape index (κ1) is 13.1. The lowest BCUT2D eigenvalue weighted by molar-refractivity contribution is -0.0533. The van der Waals surface area contributed by atoms with Gasteiger partial charge < -0.3 is 10.3 Å². The van der Waals surface area contributed by atoms with E-state index in [2.05, 4.69) is 37.2 Å². The van der Waals surface area contributed by atoms with Crippen LogP contribution >= 0.6 is 0 Å². The van der Waals surface area contributed by atoms with E-state index in [9.17, 15) is 5.11 Å². The molecule has 0 aromatic heterocycles. The largest absolute Gasteiger partial charge is 0.411 e. The second-order valence-corrected chi connectivity index (χ2v) is 6.09. The molecule has 3 nitrogen and oxygen atoms in total. The number of oxime groups is 1. The molecule has 2 N–H and O–H groups in total. The van der Waals surface area contributed by atoms with Crippen molar-refractivity contribution >= 4 is 5.71 Å². The summed E-state index contributed by atoms with van der Waals surface area (Å²) in [6.45, 7) is 7.89. The topological polar surface area (TPSA) is 52.8 Å². The molecule has 0 fully saturated rings. The van der Waals surface area contributed by atoms with Crippen LogP contribution in [0.15, 0.2) is 23.4 Å². The van der Waals surface area contributed by atoms with E-state index < -0.39 is 5.60 Å². The molecular formula is C15H21NO2. The van der Waals surface area contributed by atoms with Gasteiger partial charge in [0, 0.05) is 11.8 Å². The zero-order chi connectivity index (χ0) is 13.6. The summed E-state index contributed by atoms with van der Waals surface area (Å²) in [6, 6.07) is 6.22. The quantitative estimate of drug-likeness (QED) is 0.479. The third-order valence-electron chi connectivity index (χ3n) is 4.15. The van der Waals surface area contributed by atoms with E-state index in [1.807, 2.05) is 6.92 Å². The van der Waals surface area contributed by atoms with Gasteiger partial charge in [-0.2, -0.15) is 0 Å². The third kappa shape index (κ3) is 1.83. The minimum absolute atomic E-state index is 0.255. The number of benzene rings is 1. The molecule has 0 radical (unpaired) electrons. The Bertz CT molecular complexity index is 505. The van der Waals surface area contributed by atoms with Gasteiger partial charge in [-0.25, -0.2) is 0 Å². The lowest BCUT2D eigenvalue weighted by atomic mass is 9.72. The predicted octanol–water partition coefficient (Wildman–Crippen LogP) is 3.01. The summed E-state index contributed by atoms with van der Waals surface area (Å²) < 4.78 is 0. The van der Waals surface area contributed by atoms with Crippen molar-refractivity contribution in [2.45, 2.75) is 46.1 Å². The van der Waals surface area contributed by atoms with Gasteiger partial charge in [0.1, 0.15) is 5.60 Å². The highest BCUT2D eigenvalue weighted by Crippen LogP contribution is 2.52. The molecule has 1 atom stereocenters. The van der Waals surface area contributed by atoms with E-state index in [-0.39, 0.29) is 5.41 Å². The van der Waals surface area contributed by atoms with Gasteiger partial charge >= 0.3 is 0 Å². The predicted molar refractivity (Wildman–Crippen MR) is 72.1 cm³/mol. The standard InChI is InChI=1S/C15H21NO2/c1-10-5-6-12-9-14(3,4)15(17,13(12)7-10)8-11(2)16-18/h5-7,17-18H,8-9H2,1-4H3/b16-11+. The summed E-state index contributed by atoms with van der Waals surface area (Å²) in [6.07, 6.45) is 1.21. The number of aryl methyl sites for hydroxylation is 1. The number of rotatable bonds is 2. The van der Waals surface area contributed by atoms with Gasteiger partial charge in [-0.15, -0.1) is 0 Å². The van der Waals surface area contributed by atoms with E-state index >= 15 is 0 Å². The van der Waals surface area contributed by atoms with Crippen LogP contribution in [0.5, 0.6) is 0 Å². The van der Waals surface area contributed by atoms with Crippen molar-refractivity contribution in [2.75, 3.05) is 0 Å². The molecule has 0 saturated carbocycles. The van der Waals surface area contributed by atoms with Crippen LogP contribution in [-0.4, -0.2) is 16.0 Å². The van der Waals surface area contributed by atoms with Crippen LogP contribution < -0.4 is 0 Å². The minimum atomic E-state index is -0.954. The van der Waals surface area contributed by atoms with Crippen LogP contribution in [0.2, 0.25) is 0 Å². The van der Waals surface area contributed by atoms with Crippen molar-refractivity contribution < 1.29 is 10.3 Å². The van der Waals surface area contributed by atoms with Crippen LogP contribution in [0, 0.1) is 12.3 Å². The lowest BCUT2D eigenvalue weighted by Crippen LogP contribution is -2.40. The summed E-state index contributed by atoms with van der Waals surface area (Å²) in [5.41, 5.74) is 2.66. The Balaban J connectivity index is 2.54. The second kappa shape index (κ2) is 4.09. The van der Waals surface area contributed by atoms with E-state index in [0.29, 0.717) is 12.1 Å². The van der Waals surface area contributed by atoms with Crippen LogP contribution in [0.25, 0.3) is 0 Å². The van der Waals surface area contributed by atoms with Crippen molar-refractivity contribution in [1.82, 2.24) is 0 Å². The average molecular weight is 247 g/mol. The molecule has 0 spiro atoms. The van der Waals surface area contributed by atoms with Gasteiger partial charge in [0.15, 0.2) is 0 Å². The fourth-order valence-corrected chi connectivity index (χ4v) is 2.96. The highest BCUT2D eigenvalue weighted by atomic mass is 16.4. The highest BCUT2D eigenvalue weighted by Gasteiger charge is 2.51. The molecule has 2 rings (SSSR count). The Morgan fingerprint density at radius 2 is 2.06 bits per heavy atom. The van der Waals surface area contributed by atoms with Crippen molar-refractivity contribution in [2.24, 2.45) is 10.6 Å². The first-order chi connectivity index (χ1) is 8.30. The molecule has 0 amide bonds. The molecule has 0 saturated heterocycles. The molecule has 1 unspecified atom stereocenters. The fourth-order valence-electron chi connectivity index (χ4n) is 2.96. The number of hydrogen-bond donors (Lipinski definition) is 2. The molecule has 0 bridgehead atoms. The summed E-state index contributed by atoms with van der Waals surface area (Å²) >= 11 is 0. The number of aliphatic hydroxyl groups is 1. The van der Waals surface area contributed by atoms with Gasteiger partial charge in [0.05, 0.1) is 5.71 Å². The van der Waals surface area contributed by atoms with Crippen LogP contribution in [0.4, 0.5) is 0 Å². The lowest BCUT2D eigenvalue weighted by Gasteiger charge is -2.37. The van der Waals surface area contributed by atoms with Crippen molar-refractivity contribution in [1.29, 1.82) is 0 Å². The SMILES string of the molecule is C/C(CC1(O)c2cc(C)ccc2CC1(C)C)=N\O. The first-order valence-electron chi connectivity index (χ1n) is 6.30. The van der Waals surface area contributed by atoms with Crippen LogP contribution in [0.3, 0.4) is 0 Å². The molecule has 1 aliphatic rings. The molecule has 1 aromatic rings. The Morgan fingerprint density at radius 1 is 1.39 bits per heavy atom. The maximum absolute atomic E-state index is 11.1. The fraction of sp³-hybridized carbons (Fsp3) is 0.533. The smallest absolute Gasteiger partial charge is 0.101 e. The Labute approximate surface area is 108 Å². The van der Waals surface area contributed by atoms with Gasteiger partial charge in [0.25, 0.3) is 0 Å². The average Bonchev–Trinajstić information content (AvgIpc) is 2.48. The number of nitrogens with zero attached hydrogens (tertiary/aromatic N) is 1. The van der Waals surface area contributed by atoms with Crippen molar-refractivity contribution in [3.63, 3.8) is 0 Å². The molecule has 3 heteroatoms. The van der Waals surface area contributed by atoms with Crippen molar-refractivity contribution in [3.05, 3.63) is 34.9 Å². The van der Waals surface area contributed by atoms with Gasteiger partial charge in [0.2, 0.25) is 0 Å². The molecular weight excluding hydrogens is 226 g/mol. The molecule has 0 aliphatic heterocycles. The molecule has 18 heavy (non-hydrogen) atoms. The zero-order valence-electron chi connectivity index (χ0n) is 11.5. The van der Waals surface area contributed by atoms with E-state index in [1.54, 1.807) is 6.92 Å². The maximum Gasteiger partial charge on any atom is 0.101 e. The molecule has 98 valence electrons. The Kier molecular flexibility index (Phi) is 2.98. The minimum Gasteiger partial charge on any atom is -0.411 e. The second-order valence-electron chi connectivity index (χ2n) is 6.09. The van der Waals surface area contributed by atoms with E-state index in [1.165, 1.54) is 5.56 Å². The van der Waals surface area contributed by atoms with Crippen molar-refractivity contribution in [3.8, 4) is 0 Å². The normalized spacial score (nSPS) is 26.2. The highest BCUT2D eigenvalue weighted by molar-refractivity contribution is 5.83. The molecule has 1 aromatic carbocycles. The molecule has 0 heterocycles. The Morgan fingerprint density at radius 3 is 2.67 bits per heavy atom. The van der Waals surface area contributed by atoms with Crippen LogP contribution in [-0.2, 0) is 12.0 Å². The van der Waals surface area contributed by atoms with E-state index in [4.69, 9.17) is 5.21 Å². The van der Waals surface area contributed by atoms with Gasteiger partial charge in [-0.3, -0.25) is 0 Å². The summed E-state index contributed by atoms with van der Waals surface area (Å²) in [4.78, 5) is 0. The third-order valence-corrected chi connectivity index (χ3v) is 4.15. The zero-order valence-corrected chi connectivity index (χ0v) is 11.5. The summed E-state index contributed by atoms with van der Waals surface area (Å²) in [5.74, 6) is 0.